The molecule has 0 aromatic rings. The van der Waals surface area contributed by atoms with Gasteiger partial charge in [0.05, 0.1) is 17.4 Å². The lowest BCUT2D eigenvalue weighted by Crippen LogP contribution is -2.42. The van der Waals surface area contributed by atoms with Crippen molar-refractivity contribution in [2.45, 2.75) is 77.0 Å². The van der Waals surface area contributed by atoms with Crippen LogP contribution in [0.25, 0.3) is 0 Å². The number of carbonyl (C=O) groups excluding carboxylic acids is 2. The van der Waals surface area contributed by atoms with Gasteiger partial charge in [-0.1, -0.05) is 27.4 Å². The molecule has 3 rings (SSSR count). The summed E-state index contributed by atoms with van der Waals surface area (Å²) in [5, 5.41) is 0. The average Bonchev–Trinajstić information content (AvgIpc) is 3.05. The maximum atomic E-state index is 12.3. The van der Waals surface area contributed by atoms with Crippen LogP contribution >= 0.6 is 0 Å². The molecule has 0 N–H and O–H groups in total. The predicted molar refractivity (Wildman–Crippen MR) is 94.1 cm³/mol. The van der Waals surface area contributed by atoms with E-state index in [2.05, 4.69) is 13.5 Å². The van der Waals surface area contributed by atoms with Gasteiger partial charge in [0.2, 0.25) is 0 Å². The molecule has 6 heteroatoms. The van der Waals surface area contributed by atoms with Gasteiger partial charge >= 0.3 is 11.9 Å². The highest BCUT2D eigenvalue weighted by atomic mass is 16.7. The van der Waals surface area contributed by atoms with Crippen LogP contribution < -0.4 is 0 Å². The van der Waals surface area contributed by atoms with Crippen molar-refractivity contribution in [2.24, 2.45) is 17.8 Å². The first-order chi connectivity index (χ1) is 12.1. The van der Waals surface area contributed by atoms with Gasteiger partial charge in [0.15, 0.2) is 5.79 Å². The molecule has 3 saturated heterocycles. The van der Waals surface area contributed by atoms with Gasteiger partial charge in [0.25, 0.3) is 0 Å². The van der Waals surface area contributed by atoms with Crippen molar-refractivity contribution >= 4 is 11.9 Å². The second kappa shape index (κ2) is 6.64. The third-order valence-electron chi connectivity index (χ3n) is 6.20. The Labute approximate surface area is 155 Å². The van der Waals surface area contributed by atoms with Crippen LogP contribution in [0.15, 0.2) is 12.2 Å². The fourth-order valence-electron chi connectivity index (χ4n) is 4.58. The first kappa shape index (κ1) is 19.4. The van der Waals surface area contributed by atoms with Crippen molar-refractivity contribution in [1.82, 2.24) is 0 Å². The van der Waals surface area contributed by atoms with E-state index in [1.54, 1.807) is 21.0 Å². The molecular formula is C20H30O6. The van der Waals surface area contributed by atoms with Crippen LogP contribution in [-0.2, 0) is 28.5 Å². The fraction of sp³-hybridized carbons (Fsp3) is 0.800. The molecule has 0 aliphatic carbocycles. The molecule has 3 aliphatic rings. The lowest BCUT2D eigenvalue weighted by molar-refractivity contribution is -0.265. The van der Waals surface area contributed by atoms with Crippen LogP contribution in [0.1, 0.15) is 53.4 Å². The lowest BCUT2D eigenvalue weighted by atomic mass is 9.78. The van der Waals surface area contributed by atoms with E-state index in [1.807, 2.05) is 6.92 Å². The summed E-state index contributed by atoms with van der Waals surface area (Å²) in [6.07, 6.45) is 1.75. The van der Waals surface area contributed by atoms with Crippen LogP contribution in [0.2, 0.25) is 0 Å². The van der Waals surface area contributed by atoms with Crippen molar-refractivity contribution < 1.29 is 28.5 Å². The molecule has 6 nitrogen and oxygen atoms in total. The number of fused-ring (bicyclic) bond motifs is 3. The van der Waals surface area contributed by atoms with Gasteiger partial charge in [0.1, 0.15) is 12.2 Å². The maximum Gasteiger partial charge on any atom is 0.334 e. The number of ether oxygens (including phenoxy) is 4. The van der Waals surface area contributed by atoms with Gasteiger partial charge < -0.3 is 18.9 Å². The zero-order chi connectivity index (χ0) is 19.3. The predicted octanol–water partition coefficient (Wildman–Crippen LogP) is 2.99. The van der Waals surface area contributed by atoms with Gasteiger partial charge in [-0.15, -0.1) is 0 Å². The highest BCUT2D eigenvalue weighted by Gasteiger charge is 2.57. The fourth-order valence-corrected chi connectivity index (χ4v) is 4.58. The van der Waals surface area contributed by atoms with E-state index in [4.69, 9.17) is 18.9 Å². The van der Waals surface area contributed by atoms with Gasteiger partial charge in [-0.25, -0.2) is 4.79 Å². The molecule has 0 saturated carbocycles. The van der Waals surface area contributed by atoms with Crippen molar-refractivity contribution in [3.63, 3.8) is 0 Å². The first-order valence-corrected chi connectivity index (χ1v) is 9.46. The minimum atomic E-state index is -0.702. The maximum absolute atomic E-state index is 12.3. The average molecular weight is 366 g/mol. The van der Waals surface area contributed by atoms with E-state index in [0.29, 0.717) is 18.4 Å². The summed E-state index contributed by atoms with van der Waals surface area (Å²) in [7, 11) is 1.66. The zero-order valence-electron chi connectivity index (χ0n) is 16.4. The molecular weight excluding hydrogens is 336 g/mol. The van der Waals surface area contributed by atoms with E-state index >= 15 is 0 Å². The SMILES string of the molecule is C=C1C(=O)OC2CC(C)[C@]3(OC)CC[C@](C)(CC(OC(=O)C(C)C)C12)O3. The molecule has 0 aromatic heterocycles. The Hall–Kier alpha value is -1.40. The van der Waals surface area contributed by atoms with E-state index in [1.165, 1.54) is 0 Å². The van der Waals surface area contributed by atoms with Crippen molar-refractivity contribution in [3.05, 3.63) is 12.2 Å². The molecule has 3 fully saturated rings. The minimum absolute atomic E-state index is 0.0278. The standard InChI is InChI=1S/C20H30O6/c1-11(2)17(21)25-15-10-19(5)7-8-20(23-6,26-19)12(3)9-14-16(15)13(4)18(22)24-14/h11-12,14-16H,4,7-10H2,1-3,5-6H3/t12?,14?,15?,16?,19-,20+/m1/s1. The smallest absolute Gasteiger partial charge is 0.334 e. The van der Waals surface area contributed by atoms with Gasteiger partial charge in [-0.05, 0) is 19.8 Å². The summed E-state index contributed by atoms with van der Waals surface area (Å²) in [6.45, 7) is 11.6. The van der Waals surface area contributed by atoms with Crippen LogP contribution in [0.3, 0.4) is 0 Å². The minimum Gasteiger partial charge on any atom is -0.461 e. The summed E-state index contributed by atoms with van der Waals surface area (Å²) in [5.41, 5.74) is -0.107. The topological polar surface area (TPSA) is 71.1 Å². The Balaban J connectivity index is 1.99. The Morgan fingerprint density at radius 2 is 2.04 bits per heavy atom. The molecule has 6 atom stereocenters. The molecule has 146 valence electrons. The Kier molecular flexibility index (Phi) is 4.95. The van der Waals surface area contributed by atoms with Crippen LogP contribution in [0.5, 0.6) is 0 Å². The van der Waals surface area contributed by atoms with E-state index in [-0.39, 0.29) is 29.8 Å². The second-order valence-corrected chi connectivity index (χ2v) is 8.53. The number of methoxy groups -OCH3 is 1. The van der Waals surface area contributed by atoms with Gasteiger partial charge in [-0.2, -0.15) is 0 Å². The number of rotatable bonds is 3. The highest BCUT2D eigenvalue weighted by molar-refractivity contribution is 5.91. The van der Waals surface area contributed by atoms with E-state index in [9.17, 15) is 9.59 Å². The molecule has 0 aromatic carbocycles. The van der Waals surface area contributed by atoms with Crippen LogP contribution in [-0.4, -0.2) is 42.6 Å². The highest BCUT2D eigenvalue weighted by Crippen LogP contribution is 2.51. The number of hydrogen-bond donors (Lipinski definition) is 0. The third kappa shape index (κ3) is 3.18. The molecule has 0 spiro atoms. The van der Waals surface area contributed by atoms with Crippen LogP contribution in [0.4, 0.5) is 0 Å². The quantitative estimate of drug-likeness (QED) is 0.565. The Morgan fingerprint density at radius 3 is 2.65 bits per heavy atom. The summed E-state index contributed by atoms with van der Waals surface area (Å²) in [4.78, 5) is 24.5. The summed E-state index contributed by atoms with van der Waals surface area (Å²) in [5.74, 6) is -1.95. The van der Waals surface area contributed by atoms with Crippen molar-refractivity contribution in [2.75, 3.05) is 7.11 Å². The number of carbonyl (C=O) groups is 2. The molecule has 4 unspecified atom stereocenters. The van der Waals surface area contributed by atoms with Crippen molar-refractivity contribution in [3.8, 4) is 0 Å². The molecule has 3 heterocycles. The number of esters is 2. The molecule has 0 radical (unpaired) electrons. The van der Waals surface area contributed by atoms with E-state index < -0.39 is 23.5 Å². The Morgan fingerprint density at radius 1 is 1.35 bits per heavy atom. The first-order valence-electron chi connectivity index (χ1n) is 9.46. The zero-order valence-corrected chi connectivity index (χ0v) is 16.4. The largest absolute Gasteiger partial charge is 0.461 e. The molecule has 0 amide bonds. The molecule has 3 aliphatic heterocycles. The normalized spacial score (nSPS) is 42.7. The summed E-state index contributed by atoms with van der Waals surface area (Å²) >= 11 is 0. The lowest BCUT2D eigenvalue weighted by Gasteiger charge is -2.36. The van der Waals surface area contributed by atoms with E-state index in [0.717, 1.165) is 12.8 Å². The third-order valence-corrected chi connectivity index (χ3v) is 6.20. The summed E-state index contributed by atoms with van der Waals surface area (Å²) in [6, 6.07) is 0. The number of hydrogen-bond acceptors (Lipinski definition) is 6. The monoisotopic (exact) mass is 366 g/mol. The second-order valence-electron chi connectivity index (χ2n) is 8.53. The molecule has 26 heavy (non-hydrogen) atoms. The Bertz CT molecular complexity index is 613. The van der Waals surface area contributed by atoms with Gasteiger partial charge in [-0.3, -0.25) is 4.79 Å². The van der Waals surface area contributed by atoms with Crippen LogP contribution in [0, 0.1) is 17.8 Å². The molecule has 2 bridgehead atoms. The van der Waals surface area contributed by atoms with Crippen molar-refractivity contribution in [1.29, 1.82) is 0 Å². The summed E-state index contributed by atoms with van der Waals surface area (Å²) < 4.78 is 23.7. The van der Waals surface area contributed by atoms with Gasteiger partial charge in [0, 0.05) is 31.4 Å².